The molecule has 2 N–H and O–H groups in total. The van der Waals surface area contributed by atoms with Crippen molar-refractivity contribution in [3.8, 4) is 6.07 Å². The fourth-order valence-electron chi connectivity index (χ4n) is 4.30. The van der Waals surface area contributed by atoms with E-state index in [1.165, 1.54) is 43.9 Å². The number of carbonyl (C=O) groups excluding carboxylic acids is 1. The highest BCUT2D eigenvalue weighted by Crippen LogP contribution is 2.38. The van der Waals surface area contributed by atoms with Crippen LogP contribution in [0.15, 0.2) is 24.3 Å². The molecule has 2 aliphatic rings. The standard InChI is InChI=1S/C21H26N2O3S/c22-12-18-17(9-14-5-2-1-3-6-14)11-19(24)23-20(18)27-13-15-7-4-8-16(10-15)21(25)26/h4,7-8,10,14,17-18,20H,1-3,5-6,9,11,13H2,(H,23,24)(H,25,26). The molecule has 3 atom stereocenters. The third kappa shape index (κ3) is 5.26. The molecule has 0 bridgehead atoms. The van der Waals surface area contributed by atoms with Crippen LogP contribution in [-0.4, -0.2) is 22.4 Å². The molecule has 1 saturated carbocycles. The number of benzene rings is 1. The molecule has 0 aromatic heterocycles. The Bertz CT molecular complexity index is 724. The molecule has 144 valence electrons. The lowest BCUT2D eigenvalue weighted by Gasteiger charge is -2.36. The number of amides is 1. The van der Waals surface area contributed by atoms with E-state index < -0.39 is 5.97 Å². The fraction of sp³-hybridized carbons (Fsp3) is 0.571. The van der Waals surface area contributed by atoms with E-state index in [9.17, 15) is 14.9 Å². The van der Waals surface area contributed by atoms with Crippen LogP contribution in [-0.2, 0) is 10.5 Å². The van der Waals surface area contributed by atoms with Gasteiger partial charge in [0, 0.05) is 12.2 Å². The van der Waals surface area contributed by atoms with Crippen molar-refractivity contribution in [3.05, 3.63) is 35.4 Å². The second-order valence-electron chi connectivity index (χ2n) is 7.66. The van der Waals surface area contributed by atoms with Gasteiger partial charge < -0.3 is 10.4 Å². The maximum Gasteiger partial charge on any atom is 0.335 e. The van der Waals surface area contributed by atoms with E-state index in [1.807, 2.05) is 6.07 Å². The molecule has 1 amide bonds. The Kier molecular flexibility index (Phi) is 6.78. The van der Waals surface area contributed by atoms with Gasteiger partial charge in [-0.3, -0.25) is 4.79 Å². The van der Waals surface area contributed by atoms with E-state index in [-0.39, 0.29) is 28.7 Å². The lowest BCUT2D eigenvalue weighted by molar-refractivity contribution is -0.124. The Morgan fingerprint density at radius 1 is 1.30 bits per heavy atom. The quantitative estimate of drug-likeness (QED) is 0.765. The number of thioether (sulfide) groups is 1. The highest BCUT2D eigenvalue weighted by atomic mass is 32.2. The van der Waals surface area contributed by atoms with Crippen LogP contribution in [0.4, 0.5) is 0 Å². The highest BCUT2D eigenvalue weighted by Gasteiger charge is 2.38. The molecule has 1 heterocycles. The molecule has 1 aliphatic heterocycles. The Hall–Kier alpha value is -2.00. The summed E-state index contributed by atoms with van der Waals surface area (Å²) >= 11 is 1.53. The Morgan fingerprint density at radius 2 is 2.07 bits per heavy atom. The van der Waals surface area contributed by atoms with Gasteiger partial charge in [0.15, 0.2) is 0 Å². The number of aromatic carboxylic acids is 1. The summed E-state index contributed by atoms with van der Waals surface area (Å²) < 4.78 is 0. The van der Waals surface area contributed by atoms with Crippen molar-refractivity contribution in [3.63, 3.8) is 0 Å². The summed E-state index contributed by atoms with van der Waals surface area (Å²) in [4.78, 5) is 23.4. The molecular weight excluding hydrogens is 360 g/mol. The zero-order valence-electron chi connectivity index (χ0n) is 15.4. The number of piperidine rings is 1. The fourth-order valence-corrected chi connectivity index (χ4v) is 5.56. The highest BCUT2D eigenvalue weighted by molar-refractivity contribution is 7.99. The van der Waals surface area contributed by atoms with E-state index in [0.717, 1.165) is 12.0 Å². The van der Waals surface area contributed by atoms with Gasteiger partial charge in [-0.1, -0.05) is 44.2 Å². The number of carbonyl (C=O) groups is 2. The zero-order valence-corrected chi connectivity index (χ0v) is 16.2. The minimum Gasteiger partial charge on any atom is -0.478 e. The maximum absolute atomic E-state index is 12.2. The lowest BCUT2D eigenvalue weighted by atomic mass is 9.76. The van der Waals surface area contributed by atoms with E-state index >= 15 is 0 Å². The second-order valence-corrected chi connectivity index (χ2v) is 8.79. The summed E-state index contributed by atoms with van der Waals surface area (Å²) in [6.45, 7) is 0. The zero-order chi connectivity index (χ0) is 19.2. The van der Waals surface area contributed by atoms with E-state index in [1.54, 1.807) is 18.2 Å². The average molecular weight is 387 g/mol. The Morgan fingerprint density at radius 3 is 2.78 bits per heavy atom. The molecule has 3 rings (SSSR count). The van der Waals surface area contributed by atoms with Crippen LogP contribution in [0.25, 0.3) is 0 Å². The smallest absolute Gasteiger partial charge is 0.335 e. The molecule has 1 aliphatic carbocycles. The first-order valence-electron chi connectivity index (χ1n) is 9.69. The summed E-state index contributed by atoms with van der Waals surface area (Å²) in [5, 5.41) is 21.6. The molecule has 2 fully saturated rings. The molecule has 0 radical (unpaired) electrons. The Labute approximate surface area is 164 Å². The van der Waals surface area contributed by atoms with Crippen LogP contribution in [0, 0.1) is 29.1 Å². The number of carboxylic acids is 1. The molecule has 27 heavy (non-hydrogen) atoms. The number of carboxylic acid groups (broad SMARTS) is 1. The van der Waals surface area contributed by atoms with E-state index in [2.05, 4.69) is 11.4 Å². The normalized spacial score (nSPS) is 26.2. The maximum atomic E-state index is 12.2. The predicted molar refractivity (Wildman–Crippen MR) is 105 cm³/mol. The van der Waals surface area contributed by atoms with Gasteiger partial charge in [-0.25, -0.2) is 4.79 Å². The number of rotatable bonds is 6. The molecule has 3 unspecified atom stereocenters. The topological polar surface area (TPSA) is 90.2 Å². The van der Waals surface area contributed by atoms with Crippen LogP contribution in [0.1, 0.15) is 60.9 Å². The molecule has 5 nitrogen and oxygen atoms in total. The van der Waals surface area contributed by atoms with Gasteiger partial charge in [-0.2, -0.15) is 5.26 Å². The first-order chi connectivity index (χ1) is 13.1. The van der Waals surface area contributed by atoms with Crippen LogP contribution in [0.2, 0.25) is 0 Å². The summed E-state index contributed by atoms with van der Waals surface area (Å²) in [6, 6.07) is 9.28. The van der Waals surface area contributed by atoms with Gasteiger partial charge in [0.05, 0.1) is 22.9 Å². The number of nitrogens with zero attached hydrogens (tertiary/aromatic N) is 1. The van der Waals surface area contributed by atoms with Gasteiger partial charge in [0.1, 0.15) is 0 Å². The van der Waals surface area contributed by atoms with Crippen molar-refractivity contribution in [1.82, 2.24) is 5.32 Å². The van der Waals surface area contributed by atoms with Gasteiger partial charge in [0.2, 0.25) is 5.91 Å². The third-order valence-electron chi connectivity index (χ3n) is 5.70. The minimum absolute atomic E-state index is 0.0269. The third-order valence-corrected chi connectivity index (χ3v) is 6.97. The van der Waals surface area contributed by atoms with Gasteiger partial charge >= 0.3 is 5.97 Å². The summed E-state index contributed by atoms with van der Waals surface area (Å²) in [7, 11) is 0. The average Bonchev–Trinajstić information content (AvgIpc) is 2.67. The second kappa shape index (κ2) is 9.27. The van der Waals surface area contributed by atoms with Crippen molar-refractivity contribution in [2.45, 2.75) is 56.1 Å². The monoisotopic (exact) mass is 386 g/mol. The first-order valence-corrected chi connectivity index (χ1v) is 10.7. The molecular formula is C21H26N2O3S. The molecule has 6 heteroatoms. The van der Waals surface area contributed by atoms with Crippen LogP contribution in [0.5, 0.6) is 0 Å². The first kappa shape index (κ1) is 19.8. The molecule has 1 aromatic rings. The summed E-state index contributed by atoms with van der Waals surface area (Å²) in [6.07, 6.45) is 7.68. The minimum atomic E-state index is -0.949. The number of nitriles is 1. The SMILES string of the molecule is N#CC1C(CC2CCCCC2)CC(=O)NC1SCc1cccc(C(=O)O)c1. The van der Waals surface area contributed by atoms with Crippen molar-refractivity contribution in [2.24, 2.45) is 17.8 Å². The van der Waals surface area contributed by atoms with Crippen molar-refractivity contribution < 1.29 is 14.7 Å². The number of hydrogen-bond donors (Lipinski definition) is 2. The van der Waals surface area contributed by atoms with Crippen molar-refractivity contribution >= 4 is 23.6 Å². The largest absolute Gasteiger partial charge is 0.478 e. The van der Waals surface area contributed by atoms with Gasteiger partial charge in [-0.15, -0.1) is 11.8 Å². The van der Waals surface area contributed by atoms with E-state index in [4.69, 9.17) is 5.11 Å². The number of hydrogen-bond acceptors (Lipinski definition) is 4. The van der Waals surface area contributed by atoms with Gasteiger partial charge in [-0.05, 0) is 36.0 Å². The van der Waals surface area contributed by atoms with Gasteiger partial charge in [0.25, 0.3) is 0 Å². The lowest BCUT2D eigenvalue weighted by Crippen LogP contribution is -2.47. The van der Waals surface area contributed by atoms with Crippen LogP contribution in [0.3, 0.4) is 0 Å². The summed E-state index contributed by atoms with van der Waals surface area (Å²) in [5.74, 6) is 0.213. The van der Waals surface area contributed by atoms with E-state index in [0.29, 0.717) is 18.1 Å². The molecule has 1 aromatic carbocycles. The van der Waals surface area contributed by atoms with Crippen molar-refractivity contribution in [1.29, 1.82) is 5.26 Å². The predicted octanol–water partition coefficient (Wildman–Crippen LogP) is 4.19. The van der Waals surface area contributed by atoms with Crippen LogP contribution >= 0.6 is 11.8 Å². The summed E-state index contributed by atoms with van der Waals surface area (Å²) in [5.41, 5.74) is 1.15. The Balaban J connectivity index is 1.64. The van der Waals surface area contributed by atoms with Crippen molar-refractivity contribution in [2.75, 3.05) is 0 Å². The number of nitrogens with one attached hydrogen (secondary N) is 1. The molecule has 1 saturated heterocycles. The van der Waals surface area contributed by atoms with Crippen LogP contribution < -0.4 is 5.32 Å². The molecule has 0 spiro atoms.